The molecule has 0 radical (unpaired) electrons. The molecule has 0 N–H and O–H groups in total. The second-order valence-corrected chi connectivity index (χ2v) is 11.6. The zero-order valence-electron chi connectivity index (χ0n) is 15.4. The van der Waals surface area contributed by atoms with E-state index in [1.54, 1.807) is 30.3 Å². The standard InChI is InChI=1S/C20H19BrN2O4S2/c21-18-6-9-19(10-7-18)28(24,25)22-11-13-23(14-12-22)29(26,27)20-8-5-16-3-1-2-4-17(16)15-20/h1-10,15H,11-14H2. The number of fused-ring (bicyclic) bond motifs is 1. The quantitative estimate of drug-likeness (QED) is 0.557. The molecule has 1 aliphatic rings. The minimum atomic E-state index is -3.69. The van der Waals surface area contributed by atoms with Crippen LogP contribution in [0.4, 0.5) is 0 Å². The number of piperazine rings is 1. The highest BCUT2D eigenvalue weighted by atomic mass is 79.9. The van der Waals surface area contributed by atoms with Crippen molar-refractivity contribution in [2.45, 2.75) is 9.79 Å². The zero-order valence-corrected chi connectivity index (χ0v) is 18.6. The van der Waals surface area contributed by atoms with Gasteiger partial charge in [-0.3, -0.25) is 0 Å². The number of hydrogen-bond acceptors (Lipinski definition) is 4. The lowest BCUT2D eigenvalue weighted by Crippen LogP contribution is -2.50. The molecular weight excluding hydrogens is 476 g/mol. The number of sulfonamides is 2. The van der Waals surface area contributed by atoms with Crippen LogP contribution in [0, 0.1) is 0 Å². The second-order valence-electron chi connectivity index (χ2n) is 6.77. The number of rotatable bonds is 4. The van der Waals surface area contributed by atoms with E-state index in [9.17, 15) is 16.8 Å². The van der Waals surface area contributed by atoms with Crippen LogP contribution >= 0.6 is 15.9 Å². The van der Waals surface area contributed by atoms with Crippen molar-refractivity contribution in [3.8, 4) is 0 Å². The summed E-state index contributed by atoms with van der Waals surface area (Å²) in [7, 11) is -7.34. The Balaban J connectivity index is 1.53. The van der Waals surface area contributed by atoms with E-state index in [1.807, 2.05) is 24.3 Å². The molecule has 3 aromatic carbocycles. The highest BCUT2D eigenvalue weighted by Gasteiger charge is 2.33. The molecule has 0 aliphatic carbocycles. The smallest absolute Gasteiger partial charge is 0.207 e. The summed E-state index contributed by atoms with van der Waals surface area (Å²) in [5.74, 6) is 0. The van der Waals surface area contributed by atoms with Crippen LogP contribution in [-0.4, -0.2) is 51.6 Å². The summed E-state index contributed by atoms with van der Waals surface area (Å²) in [5.41, 5.74) is 0. The van der Waals surface area contributed by atoms with E-state index in [2.05, 4.69) is 15.9 Å². The van der Waals surface area contributed by atoms with E-state index in [4.69, 9.17) is 0 Å². The monoisotopic (exact) mass is 494 g/mol. The maximum absolute atomic E-state index is 13.0. The Bertz CT molecular complexity index is 1250. The number of benzene rings is 3. The maximum Gasteiger partial charge on any atom is 0.243 e. The van der Waals surface area contributed by atoms with Gasteiger partial charge in [0.25, 0.3) is 0 Å². The third-order valence-electron chi connectivity index (χ3n) is 5.01. The average molecular weight is 495 g/mol. The predicted octanol–water partition coefficient (Wildman–Crippen LogP) is 3.30. The Morgan fingerprint density at radius 1 is 0.621 bits per heavy atom. The van der Waals surface area contributed by atoms with Crippen LogP contribution in [0.15, 0.2) is 81.0 Å². The van der Waals surface area contributed by atoms with Crippen LogP contribution in [0.5, 0.6) is 0 Å². The summed E-state index contributed by atoms with van der Waals surface area (Å²) in [4.78, 5) is 0.423. The number of hydrogen-bond donors (Lipinski definition) is 0. The van der Waals surface area contributed by atoms with Crippen molar-refractivity contribution in [1.29, 1.82) is 0 Å². The van der Waals surface area contributed by atoms with E-state index < -0.39 is 20.0 Å². The molecule has 3 aromatic rings. The van der Waals surface area contributed by atoms with Gasteiger partial charge in [-0.1, -0.05) is 46.3 Å². The SMILES string of the molecule is O=S(=O)(c1ccc(Br)cc1)N1CCN(S(=O)(=O)c2ccc3ccccc3c2)CC1. The van der Waals surface area contributed by atoms with Crippen LogP contribution in [-0.2, 0) is 20.0 Å². The number of halogens is 1. The molecule has 0 aromatic heterocycles. The molecule has 0 spiro atoms. The van der Waals surface area contributed by atoms with Gasteiger partial charge in [0.1, 0.15) is 0 Å². The van der Waals surface area contributed by atoms with Gasteiger partial charge in [-0.05, 0) is 47.2 Å². The summed E-state index contributed by atoms with van der Waals surface area (Å²) in [6.07, 6.45) is 0. The Labute approximate surface area is 179 Å². The number of nitrogens with zero attached hydrogens (tertiary/aromatic N) is 2. The molecule has 152 valence electrons. The first-order valence-electron chi connectivity index (χ1n) is 9.03. The molecule has 0 amide bonds. The van der Waals surface area contributed by atoms with Crippen molar-refractivity contribution in [3.05, 3.63) is 71.2 Å². The molecule has 4 rings (SSSR count). The molecule has 0 atom stereocenters. The molecule has 0 bridgehead atoms. The van der Waals surface area contributed by atoms with Gasteiger partial charge in [0.15, 0.2) is 0 Å². The average Bonchev–Trinajstić information content (AvgIpc) is 2.74. The molecule has 1 heterocycles. The van der Waals surface area contributed by atoms with Crippen LogP contribution in [0.25, 0.3) is 10.8 Å². The van der Waals surface area contributed by atoms with E-state index in [-0.39, 0.29) is 36.0 Å². The summed E-state index contributed by atoms with van der Waals surface area (Å²) in [5, 5.41) is 1.82. The van der Waals surface area contributed by atoms with E-state index in [1.165, 1.54) is 20.7 Å². The van der Waals surface area contributed by atoms with Gasteiger partial charge in [-0.25, -0.2) is 16.8 Å². The van der Waals surface area contributed by atoms with Gasteiger partial charge in [0, 0.05) is 30.7 Å². The van der Waals surface area contributed by atoms with E-state index in [0.29, 0.717) is 0 Å². The Morgan fingerprint density at radius 3 is 1.69 bits per heavy atom. The third-order valence-corrected chi connectivity index (χ3v) is 9.34. The minimum Gasteiger partial charge on any atom is -0.207 e. The normalized spacial score (nSPS) is 16.9. The first-order valence-corrected chi connectivity index (χ1v) is 12.7. The molecule has 1 aliphatic heterocycles. The Kier molecular flexibility index (Phi) is 5.52. The summed E-state index contributed by atoms with van der Waals surface area (Å²) in [6.45, 7) is 0.465. The summed E-state index contributed by atoms with van der Waals surface area (Å²) < 4.78 is 55.2. The molecule has 9 heteroatoms. The fraction of sp³-hybridized carbons (Fsp3) is 0.200. The fourth-order valence-electron chi connectivity index (χ4n) is 3.38. The highest BCUT2D eigenvalue weighted by molar-refractivity contribution is 9.10. The highest BCUT2D eigenvalue weighted by Crippen LogP contribution is 2.25. The molecule has 6 nitrogen and oxygen atoms in total. The topological polar surface area (TPSA) is 74.8 Å². The van der Waals surface area contributed by atoms with Crippen molar-refractivity contribution in [2.24, 2.45) is 0 Å². The summed E-state index contributed by atoms with van der Waals surface area (Å²) >= 11 is 3.29. The van der Waals surface area contributed by atoms with Crippen LogP contribution in [0.3, 0.4) is 0 Å². The fourth-order valence-corrected chi connectivity index (χ4v) is 6.53. The zero-order chi connectivity index (χ0) is 20.6. The molecule has 0 unspecified atom stereocenters. The summed E-state index contributed by atoms with van der Waals surface area (Å²) in [6, 6.07) is 19.0. The van der Waals surface area contributed by atoms with Crippen LogP contribution in [0.1, 0.15) is 0 Å². The van der Waals surface area contributed by atoms with Crippen molar-refractivity contribution < 1.29 is 16.8 Å². The third kappa shape index (κ3) is 3.97. The largest absolute Gasteiger partial charge is 0.243 e. The molecular formula is C20H19BrN2O4S2. The second kappa shape index (κ2) is 7.81. The molecule has 1 fully saturated rings. The van der Waals surface area contributed by atoms with Gasteiger partial charge in [-0.15, -0.1) is 0 Å². The van der Waals surface area contributed by atoms with Gasteiger partial charge in [-0.2, -0.15) is 8.61 Å². The lowest BCUT2D eigenvalue weighted by molar-refractivity contribution is 0.273. The molecule has 0 saturated carbocycles. The first kappa shape index (κ1) is 20.5. The molecule has 1 saturated heterocycles. The Morgan fingerprint density at radius 2 is 1.10 bits per heavy atom. The maximum atomic E-state index is 13.0. The van der Waals surface area contributed by atoms with Gasteiger partial charge in [0.05, 0.1) is 9.79 Å². The lowest BCUT2D eigenvalue weighted by atomic mass is 10.1. The Hall–Kier alpha value is -1.78. The van der Waals surface area contributed by atoms with Crippen LogP contribution < -0.4 is 0 Å². The van der Waals surface area contributed by atoms with Gasteiger partial charge >= 0.3 is 0 Å². The van der Waals surface area contributed by atoms with Gasteiger partial charge < -0.3 is 0 Å². The van der Waals surface area contributed by atoms with Crippen molar-refractivity contribution in [1.82, 2.24) is 8.61 Å². The predicted molar refractivity (Wildman–Crippen MR) is 116 cm³/mol. The lowest BCUT2D eigenvalue weighted by Gasteiger charge is -2.33. The van der Waals surface area contributed by atoms with Crippen LogP contribution in [0.2, 0.25) is 0 Å². The van der Waals surface area contributed by atoms with E-state index in [0.717, 1.165) is 15.2 Å². The van der Waals surface area contributed by atoms with E-state index >= 15 is 0 Å². The molecule has 29 heavy (non-hydrogen) atoms. The van der Waals surface area contributed by atoms with Gasteiger partial charge in [0.2, 0.25) is 20.0 Å². The first-order chi connectivity index (χ1) is 13.8. The minimum absolute atomic E-state index is 0.116. The van der Waals surface area contributed by atoms with Crippen molar-refractivity contribution in [2.75, 3.05) is 26.2 Å². The van der Waals surface area contributed by atoms with Crippen molar-refractivity contribution >= 4 is 46.7 Å². The van der Waals surface area contributed by atoms with Crippen molar-refractivity contribution in [3.63, 3.8) is 0 Å².